The number of likely N-dealkylation sites (tertiary alicyclic amines) is 1. The number of fused-ring (bicyclic) bond motifs is 2. The molecule has 3 aromatic rings. The fourth-order valence-corrected chi connectivity index (χ4v) is 5.83. The lowest BCUT2D eigenvalue weighted by molar-refractivity contribution is -0.133. The van der Waals surface area contributed by atoms with E-state index >= 15 is 0 Å². The largest absolute Gasteiger partial charge is 0.326 e. The van der Waals surface area contributed by atoms with Gasteiger partial charge >= 0.3 is 6.03 Å². The zero-order valence-corrected chi connectivity index (χ0v) is 20.4. The maximum absolute atomic E-state index is 13.5. The highest BCUT2D eigenvalue weighted by atomic mass is 16.2. The Bertz CT molecular complexity index is 1360. The zero-order chi connectivity index (χ0) is 24.9. The van der Waals surface area contributed by atoms with Crippen molar-refractivity contribution in [2.24, 2.45) is 5.92 Å². The third kappa shape index (κ3) is 3.75. The second-order valence-corrected chi connectivity index (χ2v) is 10.3. The quantitative estimate of drug-likeness (QED) is 0.573. The molecule has 2 fully saturated rings. The lowest BCUT2D eigenvalue weighted by Crippen LogP contribution is -2.48. The van der Waals surface area contributed by atoms with Gasteiger partial charge in [0.25, 0.3) is 5.91 Å². The molecule has 7 heteroatoms. The second-order valence-electron chi connectivity index (χ2n) is 10.3. The molecule has 0 radical (unpaired) electrons. The second kappa shape index (κ2) is 8.75. The molecule has 36 heavy (non-hydrogen) atoms. The Morgan fingerprint density at radius 1 is 0.944 bits per heavy atom. The minimum atomic E-state index is -1.10. The first-order chi connectivity index (χ1) is 17.4. The van der Waals surface area contributed by atoms with Crippen molar-refractivity contribution in [3.63, 3.8) is 0 Å². The van der Waals surface area contributed by atoms with E-state index in [1.165, 1.54) is 10.5 Å². The smallest absolute Gasteiger partial charge is 0.319 e. The maximum Gasteiger partial charge on any atom is 0.326 e. The summed E-state index contributed by atoms with van der Waals surface area (Å²) in [5.74, 6) is -0.0773. The van der Waals surface area contributed by atoms with Gasteiger partial charge in [0.05, 0.1) is 6.67 Å². The molecule has 0 spiro atoms. The van der Waals surface area contributed by atoms with Gasteiger partial charge in [0.15, 0.2) is 0 Å². The number of benzene rings is 3. The van der Waals surface area contributed by atoms with Gasteiger partial charge in [0.1, 0.15) is 5.54 Å². The van der Waals surface area contributed by atoms with E-state index in [1.54, 1.807) is 6.92 Å². The average Bonchev–Trinajstić information content (AvgIpc) is 3.43. The van der Waals surface area contributed by atoms with E-state index in [4.69, 9.17) is 0 Å². The van der Waals surface area contributed by atoms with Gasteiger partial charge in [-0.25, -0.2) is 9.69 Å². The summed E-state index contributed by atoms with van der Waals surface area (Å²) in [6, 6.07) is 21.6. The van der Waals surface area contributed by atoms with Crippen molar-refractivity contribution in [1.29, 1.82) is 0 Å². The predicted molar refractivity (Wildman–Crippen MR) is 138 cm³/mol. The van der Waals surface area contributed by atoms with Crippen molar-refractivity contribution in [3.05, 3.63) is 77.9 Å². The van der Waals surface area contributed by atoms with Gasteiger partial charge in [-0.3, -0.25) is 14.5 Å². The first-order valence-electron chi connectivity index (χ1n) is 12.7. The summed E-state index contributed by atoms with van der Waals surface area (Å²) in [4.78, 5) is 44.9. The highest BCUT2D eigenvalue weighted by Crippen LogP contribution is 2.33. The van der Waals surface area contributed by atoms with Crippen LogP contribution >= 0.6 is 0 Å². The summed E-state index contributed by atoms with van der Waals surface area (Å²) in [5, 5.41) is 5.05. The summed E-state index contributed by atoms with van der Waals surface area (Å²) in [5.41, 5.74) is 1.95. The number of nitrogens with one attached hydrogen (secondary N) is 1. The molecule has 1 N–H and O–H groups in total. The summed E-state index contributed by atoms with van der Waals surface area (Å²) >= 11 is 0. The van der Waals surface area contributed by atoms with E-state index in [0.29, 0.717) is 13.1 Å². The molecule has 2 saturated heterocycles. The Balaban J connectivity index is 1.10. The molecule has 4 amide bonds. The Morgan fingerprint density at radius 3 is 2.47 bits per heavy atom. The molecule has 6 rings (SSSR count). The van der Waals surface area contributed by atoms with E-state index < -0.39 is 5.54 Å². The minimum absolute atomic E-state index is 0.0293. The van der Waals surface area contributed by atoms with Crippen molar-refractivity contribution in [2.45, 2.75) is 31.7 Å². The van der Waals surface area contributed by atoms with Crippen molar-refractivity contribution >= 4 is 34.3 Å². The summed E-state index contributed by atoms with van der Waals surface area (Å²) in [6.45, 7) is 4.11. The van der Waals surface area contributed by atoms with Crippen LogP contribution in [0.2, 0.25) is 0 Å². The number of imide groups is 1. The molecule has 0 aromatic heterocycles. The molecule has 1 unspecified atom stereocenters. The number of piperidine rings is 1. The SMILES string of the molecule is CC1(c2ccc3ccccc3c2)NC(=O)N(CN2CCC(C(=O)N3CCc4ccccc43)CC2)C1=O. The topological polar surface area (TPSA) is 73.0 Å². The van der Waals surface area contributed by atoms with Crippen LogP contribution in [0.1, 0.15) is 30.9 Å². The molecule has 7 nitrogen and oxygen atoms in total. The van der Waals surface area contributed by atoms with Gasteiger partial charge in [-0.15, -0.1) is 0 Å². The van der Waals surface area contributed by atoms with Crippen LogP contribution in [0, 0.1) is 5.92 Å². The Morgan fingerprint density at radius 2 is 1.67 bits per heavy atom. The van der Waals surface area contributed by atoms with Gasteiger partial charge in [-0.2, -0.15) is 0 Å². The van der Waals surface area contributed by atoms with Gasteiger partial charge in [0, 0.05) is 31.2 Å². The first-order valence-corrected chi connectivity index (χ1v) is 12.7. The predicted octanol–water partition coefficient (Wildman–Crippen LogP) is 3.87. The fraction of sp³-hybridized carbons (Fsp3) is 0.345. The summed E-state index contributed by atoms with van der Waals surface area (Å²) in [6.07, 6.45) is 2.36. The molecule has 184 valence electrons. The number of anilines is 1. The first kappa shape index (κ1) is 22.7. The van der Waals surface area contributed by atoms with Crippen LogP contribution in [0.25, 0.3) is 10.8 Å². The lowest BCUT2D eigenvalue weighted by Gasteiger charge is -2.34. The monoisotopic (exact) mass is 482 g/mol. The number of carbonyl (C=O) groups excluding carboxylic acids is 3. The van der Waals surface area contributed by atoms with E-state index in [1.807, 2.05) is 65.6 Å². The van der Waals surface area contributed by atoms with Crippen LogP contribution in [-0.2, 0) is 21.5 Å². The molecular weight excluding hydrogens is 452 g/mol. The molecule has 0 aliphatic carbocycles. The Hall–Kier alpha value is -3.71. The summed E-state index contributed by atoms with van der Waals surface area (Å²) in [7, 11) is 0. The molecule has 3 heterocycles. The van der Waals surface area contributed by atoms with Gasteiger partial charge in [0.2, 0.25) is 5.91 Å². The van der Waals surface area contributed by atoms with Crippen molar-refractivity contribution in [2.75, 3.05) is 31.2 Å². The van der Waals surface area contributed by atoms with E-state index in [0.717, 1.165) is 47.8 Å². The van der Waals surface area contributed by atoms with Crippen LogP contribution in [-0.4, -0.2) is 53.9 Å². The normalized spacial score (nSPS) is 22.8. The standard InChI is InChI=1S/C29H30N4O3/c1-29(24-11-10-20-6-2-3-8-23(20)18-24)27(35)33(28(36)30-29)19-31-15-12-22(13-16-31)26(34)32-17-14-21-7-4-5-9-25(21)32/h2-11,18,22H,12-17,19H2,1H3,(H,30,36). The van der Waals surface area contributed by atoms with Crippen LogP contribution in [0.3, 0.4) is 0 Å². The third-order valence-corrected chi connectivity index (χ3v) is 8.03. The number of amides is 4. The van der Waals surface area contributed by atoms with Crippen molar-refractivity contribution in [3.8, 4) is 0 Å². The molecule has 3 aliphatic rings. The fourth-order valence-electron chi connectivity index (χ4n) is 5.83. The van der Waals surface area contributed by atoms with Gasteiger partial charge in [-0.05, 0) is 60.2 Å². The molecule has 0 bridgehead atoms. The Kier molecular flexibility index (Phi) is 5.52. The van der Waals surface area contributed by atoms with Gasteiger partial charge < -0.3 is 10.2 Å². The van der Waals surface area contributed by atoms with Crippen molar-refractivity contribution in [1.82, 2.24) is 15.1 Å². The summed E-state index contributed by atoms with van der Waals surface area (Å²) < 4.78 is 0. The van der Waals surface area contributed by atoms with Crippen LogP contribution in [0.4, 0.5) is 10.5 Å². The number of hydrogen-bond donors (Lipinski definition) is 1. The highest BCUT2D eigenvalue weighted by molar-refractivity contribution is 6.07. The van der Waals surface area contributed by atoms with Crippen molar-refractivity contribution < 1.29 is 14.4 Å². The van der Waals surface area contributed by atoms with Gasteiger partial charge in [-0.1, -0.05) is 54.6 Å². The molecule has 3 aliphatic heterocycles. The zero-order valence-electron chi connectivity index (χ0n) is 20.4. The maximum atomic E-state index is 13.5. The van der Waals surface area contributed by atoms with Crippen LogP contribution < -0.4 is 10.2 Å². The number of para-hydroxylation sites is 1. The van der Waals surface area contributed by atoms with E-state index in [9.17, 15) is 14.4 Å². The number of hydrogen-bond acceptors (Lipinski definition) is 4. The highest BCUT2D eigenvalue weighted by Gasteiger charge is 2.49. The number of urea groups is 1. The molecule has 1 atom stereocenters. The van der Waals surface area contributed by atoms with Crippen LogP contribution in [0.5, 0.6) is 0 Å². The number of nitrogens with zero attached hydrogens (tertiary/aromatic N) is 3. The number of rotatable bonds is 4. The van der Waals surface area contributed by atoms with E-state index in [2.05, 4.69) is 16.3 Å². The average molecular weight is 483 g/mol. The van der Waals surface area contributed by atoms with Crippen LogP contribution in [0.15, 0.2) is 66.7 Å². The number of carbonyl (C=O) groups is 3. The Labute approximate surface area is 210 Å². The molecular formula is C29H30N4O3. The minimum Gasteiger partial charge on any atom is -0.319 e. The molecule has 0 saturated carbocycles. The third-order valence-electron chi connectivity index (χ3n) is 8.03. The lowest BCUT2D eigenvalue weighted by atomic mass is 9.90. The van der Waals surface area contributed by atoms with E-state index in [-0.39, 0.29) is 30.4 Å². The molecule has 3 aromatic carbocycles.